The number of methoxy groups -OCH3 is 1. The van der Waals surface area contributed by atoms with Gasteiger partial charge in [0.1, 0.15) is 0 Å². The van der Waals surface area contributed by atoms with Gasteiger partial charge in [-0.3, -0.25) is 4.79 Å². The van der Waals surface area contributed by atoms with Crippen molar-refractivity contribution in [2.75, 3.05) is 19.0 Å². The number of pyridine rings is 1. The molecule has 15 heavy (non-hydrogen) atoms. The lowest BCUT2D eigenvalue weighted by molar-refractivity contribution is -0.144. The van der Waals surface area contributed by atoms with Gasteiger partial charge in [-0.2, -0.15) is 0 Å². The first-order valence-electron chi connectivity index (χ1n) is 4.57. The van der Waals surface area contributed by atoms with Crippen LogP contribution in [0.1, 0.15) is 6.92 Å². The minimum Gasteiger partial charge on any atom is -0.469 e. The largest absolute Gasteiger partial charge is 0.469 e. The van der Waals surface area contributed by atoms with E-state index in [4.69, 9.17) is 11.6 Å². The molecule has 82 valence electrons. The average molecular weight is 229 g/mol. The molecular formula is C10H13ClN2O2. The maximum Gasteiger partial charge on any atom is 0.310 e. The van der Waals surface area contributed by atoms with Crippen LogP contribution in [0.3, 0.4) is 0 Å². The van der Waals surface area contributed by atoms with Crippen LogP contribution >= 0.6 is 11.6 Å². The van der Waals surface area contributed by atoms with Crippen molar-refractivity contribution in [1.29, 1.82) is 0 Å². The molecule has 1 atom stereocenters. The lowest BCUT2D eigenvalue weighted by Crippen LogP contribution is -2.21. The minimum absolute atomic E-state index is 0.216. The minimum atomic E-state index is -0.248. The summed E-state index contributed by atoms with van der Waals surface area (Å²) in [5.74, 6) is -0.464. The molecule has 1 heterocycles. The van der Waals surface area contributed by atoms with Crippen molar-refractivity contribution in [2.24, 2.45) is 5.92 Å². The smallest absolute Gasteiger partial charge is 0.310 e. The molecule has 0 aliphatic carbocycles. The van der Waals surface area contributed by atoms with Gasteiger partial charge in [-0.25, -0.2) is 4.98 Å². The monoisotopic (exact) mass is 228 g/mol. The van der Waals surface area contributed by atoms with E-state index in [9.17, 15) is 4.79 Å². The van der Waals surface area contributed by atoms with Crippen molar-refractivity contribution < 1.29 is 9.53 Å². The predicted octanol–water partition coefficient (Wildman–Crippen LogP) is 1.96. The third kappa shape index (κ3) is 3.40. The number of nitrogens with zero attached hydrogens (tertiary/aromatic N) is 1. The second-order valence-corrected chi connectivity index (χ2v) is 3.50. The van der Waals surface area contributed by atoms with E-state index < -0.39 is 0 Å². The number of anilines is 1. The van der Waals surface area contributed by atoms with Gasteiger partial charge in [0.25, 0.3) is 0 Å². The SMILES string of the molecule is COC(=O)C(C)CNc1cccnc1Cl. The van der Waals surface area contributed by atoms with Gasteiger partial charge in [0.2, 0.25) is 0 Å². The van der Waals surface area contributed by atoms with Crippen molar-refractivity contribution in [3.63, 3.8) is 0 Å². The zero-order valence-electron chi connectivity index (χ0n) is 8.66. The first-order chi connectivity index (χ1) is 7.15. The molecule has 4 nitrogen and oxygen atoms in total. The normalized spacial score (nSPS) is 11.9. The Morgan fingerprint density at radius 3 is 3.07 bits per heavy atom. The summed E-state index contributed by atoms with van der Waals surface area (Å²) in [6.07, 6.45) is 1.61. The molecule has 0 aliphatic rings. The molecule has 0 aromatic carbocycles. The second-order valence-electron chi connectivity index (χ2n) is 3.15. The van der Waals surface area contributed by atoms with Crippen molar-refractivity contribution >= 4 is 23.3 Å². The number of hydrogen-bond donors (Lipinski definition) is 1. The molecule has 0 saturated carbocycles. The Kier molecular flexibility index (Phi) is 4.37. The Balaban J connectivity index is 2.50. The summed E-state index contributed by atoms with van der Waals surface area (Å²) in [7, 11) is 1.37. The molecular weight excluding hydrogens is 216 g/mol. The highest BCUT2D eigenvalue weighted by molar-refractivity contribution is 6.31. The van der Waals surface area contributed by atoms with E-state index in [2.05, 4.69) is 15.0 Å². The fourth-order valence-corrected chi connectivity index (χ4v) is 1.25. The number of ether oxygens (including phenoxy) is 1. The number of carbonyl (C=O) groups is 1. The molecule has 1 aromatic heterocycles. The molecule has 0 aliphatic heterocycles. The zero-order chi connectivity index (χ0) is 11.3. The fourth-order valence-electron chi connectivity index (χ4n) is 1.07. The Bertz CT molecular complexity index is 344. The number of hydrogen-bond acceptors (Lipinski definition) is 4. The number of nitrogens with one attached hydrogen (secondary N) is 1. The van der Waals surface area contributed by atoms with E-state index in [-0.39, 0.29) is 11.9 Å². The Hall–Kier alpha value is -1.29. The van der Waals surface area contributed by atoms with Crippen LogP contribution in [0.4, 0.5) is 5.69 Å². The van der Waals surface area contributed by atoms with Gasteiger partial charge in [-0.1, -0.05) is 18.5 Å². The summed E-state index contributed by atoms with van der Waals surface area (Å²) in [4.78, 5) is 15.0. The first-order valence-corrected chi connectivity index (χ1v) is 4.95. The molecule has 1 unspecified atom stereocenters. The molecule has 1 rings (SSSR count). The second kappa shape index (κ2) is 5.56. The van der Waals surface area contributed by atoms with Gasteiger partial charge >= 0.3 is 5.97 Å². The molecule has 0 amide bonds. The van der Waals surface area contributed by atoms with Crippen LogP contribution in [0.25, 0.3) is 0 Å². The summed E-state index contributed by atoms with van der Waals surface area (Å²) >= 11 is 5.83. The van der Waals surface area contributed by atoms with Crippen LogP contribution in [0.2, 0.25) is 5.15 Å². The average Bonchev–Trinajstić information content (AvgIpc) is 2.26. The van der Waals surface area contributed by atoms with E-state index in [1.807, 2.05) is 0 Å². The summed E-state index contributed by atoms with van der Waals surface area (Å²) in [5.41, 5.74) is 0.718. The van der Waals surface area contributed by atoms with E-state index >= 15 is 0 Å². The highest BCUT2D eigenvalue weighted by atomic mass is 35.5. The number of aromatic nitrogens is 1. The molecule has 0 bridgehead atoms. The molecule has 5 heteroatoms. The maximum atomic E-state index is 11.1. The van der Waals surface area contributed by atoms with Crippen LogP contribution in [0.15, 0.2) is 18.3 Å². The Labute approximate surface area is 93.6 Å². The van der Waals surface area contributed by atoms with E-state index in [0.717, 1.165) is 5.69 Å². The molecule has 0 fully saturated rings. The predicted molar refractivity (Wildman–Crippen MR) is 58.9 cm³/mol. The standard InChI is InChI=1S/C10H13ClN2O2/c1-7(10(14)15-2)6-13-8-4-3-5-12-9(8)11/h3-5,7,13H,6H2,1-2H3. The number of halogens is 1. The van der Waals surface area contributed by atoms with Gasteiger partial charge < -0.3 is 10.1 Å². The van der Waals surface area contributed by atoms with Crippen LogP contribution < -0.4 is 5.32 Å². The van der Waals surface area contributed by atoms with Crippen LogP contribution in [0, 0.1) is 5.92 Å². The summed E-state index contributed by atoms with van der Waals surface area (Å²) in [6, 6.07) is 3.58. The van der Waals surface area contributed by atoms with Crippen LogP contribution in [0.5, 0.6) is 0 Å². The topological polar surface area (TPSA) is 51.2 Å². The van der Waals surface area contributed by atoms with Crippen LogP contribution in [-0.2, 0) is 9.53 Å². The molecule has 0 spiro atoms. The van der Waals surface area contributed by atoms with E-state index in [0.29, 0.717) is 11.7 Å². The highest BCUT2D eigenvalue weighted by Crippen LogP contribution is 2.17. The molecule has 0 radical (unpaired) electrons. The molecule has 1 N–H and O–H groups in total. The van der Waals surface area contributed by atoms with Crippen molar-refractivity contribution in [3.8, 4) is 0 Å². The Morgan fingerprint density at radius 2 is 2.47 bits per heavy atom. The zero-order valence-corrected chi connectivity index (χ0v) is 9.41. The number of esters is 1. The fraction of sp³-hybridized carbons (Fsp3) is 0.400. The highest BCUT2D eigenvalue weighted by Gasteiger charge is 2.12. The summed E-state index contributed by atoms with van der Waals surface area (Å²) in [5, 5.41) is 3.43. The van der Waals surface area contributed by atoms with E-state index in [1.54, 1.807) is 25.3 Å². The third-order valence-corrected chi connectivity index (χ3v) is 2.26. The number of carbonyl (C=O) groups excluding carboxylic acids is 1. The Morgan fingerprint density at radius 1 is 1.73 bits per heavy atom. The van der Waals surface area contributed by atoms with Gasteiger partial charge in [0, 0.05) is 12.7 Å². The van der Waals surface area contributed by atoms with Crippen molar-refractivity contribution in [1.82, 2.24) is 4.98 Å². The first kappa shape index (κ1) is 11.8. The van der Waals surface area contributed by atoms with Gasteiger partial charge in [0.15, 0.2) is 5.15 Å². The summed E-state index contributed by atoms with van der Waals surface area (Å²) < 4.78 is 4.60. The quantitative estimate of drug-likeness (QED) is 0.632. The summed E-state index contributed by atoms with van der Waals surface area (Å²) in [6.45, 7) is 2.25. The van der Waals surface area contributed by atoms with Crippen LogP contribution in [-0.4, -0.2) is 24.6 Å². The van der Waals surface area contributed by atoms with Crippen molar-refractivity contribution in [2.45, 2.75) is 6.92 Å². The molecule has 1 aromatic rings. The maximum absolute atomic E-state index is 11.1. The lowest BCUT2D eigenvalue weighted by Gasteiger charge is -2.11. The lowest BCUT2D eigenvalue weighted by atomic mass is 10.2. The van der Waals surface area contributed by atoms with Gasteiger partial charge in [-0.15, -0.1) is 0 Å². The third-order valence-electron chi connectivity index (χ3n) is 1.96. The van der Waals surface area contributed by atoms with Gasteiger partial charge in [-0.05, 0) is 12.1 Å². The van der Waals surface area contributed by atoms with Gasteiger partial charge in [0.05, 0.1) is 18.7 Å². The molecule has 0 saturated heterocycles. The number of rotatable bonds is 4. The van der Waals surface area contributed by atoms with E-state index in [1.165, 1.54) is 7.11 Å². The van der Waals surface area contributed by atoms with Crippen molar-refractivity contribution in [3.05, 3.63) is 23.5 Å².